The highest BCUT2D eigenvalue weighted by molar-refractivity contribution is 7.90. The van der Waals surface area contributed by atoms with Gasteiger partial charge in [0.2, 0.25) is 0 Å². The first-order chi connectivity index (χ1) is 7.84. The number of nitrogens with one attached hydrogen (secondary N) is 1. The highest BCUT2D eigenvalue weighted by Crippen LogP contribution is 2.18. The van der Waals surface area contributed by atoms with Crippen molar-refractivity contribution >= 4 is 9.84 Å². The van der Waals surface area contributed by atoms with Crippen LogP contribution >= 0.6 is 0 Å². The number of allylic oxidation sites excluding steroid dienone is 1. The van der Waals surface area contributed by atoms with E-state index in [1.807, 2.05) is 19.9 Å². The Morgan fingerprint density at radius 1 is 1.29 bits per heavy atom. The number of benzene rings is 1. The maximum atomic E-state index is 11.3. The number of hydrazine groups is 1. The summed E-state index contributed by atoms with van der Waals surface area (Å²) in [5, 5.41) is 0. The minimum Gasteiger partial charge on any atom is -0.271 e. The van der Waals surface area contributed by atoms with Gasteiger partial charge >= 0.3 is 0 Å². The summed E-state index contributed by atoms with van der Waals surface area (Å²) in [6, 6.07) is 6.61. The molecule has 94 valence electrons. The number of hydrogen-bond donors (Lipinski definition) is 2. The third-order valence-corrected chi connectivity index (χ3v) is 3.48. The largest absolute Gasteiger partial charge is 0.271 e. The standard InChI is InChI=1S/C12H18N2O2S/c1-9(2)8-12(14-13)10-4-6-11(7-5-10)17(3,15)16/h4-8,12,14H,13H2,1-3H3. The molecular weight excluding hydrogens is 236 g/mol. The summed E-state index contributed by atoms with van der Waals surface area (Å²) in [7, 11) is -3.14. The molecule has 0 saturated heterocycles. The number of hydrogen-bond acceptors (Lipinski definition) is 4. The second-order valence-corrected chi connectivity index (χ2v) is 6.25. The average Bonchev–Trinajstić information content (AvgIpc) is 2.24. The van der Waals surface area contributed by atoms with Crippen LogP contribution in [0.5, 0.6) is 0 Å². The Balaban J connectivity index is 3.05. The average molecular weight is 254 g/mol. The lowest BCUT2D eigenvalue weighted by Crippen LogP contribution is -2.26. The van der Waals surface area contributed by atoms with E-state index in [1.54, 1.807) is 24.3 Å². The van der Waals surface area contributed by atoms with Crippen LogP contribution in [0.2, 0.25) is 0 Å². The van der Waals surface area contributed by atoms with Crippen LogP contribution in [0.4, 0.5) is 0 Å². The molecular formula is C12H18N2O2S. The molecule has 0 amide bonds. The maximum absolute atomic E-state index is 11.3. The van der Waals surface area contributed by atoms with Crippen molar-refractivity contribution in [1.82, 2.24) is 5.43 Å². The van der Waals surface area contributed by atoms with Crippen molar-refractivity contribution in [3.05, 3.63) is 41.5 Å². The molecule has 0 aromatic heterocycles. The first kappa shape index (κ1) is 13.9. The van der Waals surface area contributed by atoms with E-state index in [9.17, 15) is 8.42 Å². The van der Waals surface area contributed by atoms with E-state index >= 15 is 0 Å². The van der Waals surface area contributed by atoms with Crippen molar-refractivity contribution in [3.63, 3.8) is 0 Å². The van der Waals surface area contributed by atoms with Crippen molar-refractivity contribution in [3.8, 4) is 0 Å². The summed E-state index contributed by atoms with van der Waals surface area (Å²) in [6.45, 7) is 3.96. The van der Waals surface area contributed by atoms with Gasteiger partial charge in [-0.25, -0.2) is 13.8 Å². The fourth-order valence-electron chi connectivity index (χ4n) is 1.50. The molecule has 1 unspecified atom stereocenters. The van der Waals surface area contributed by atoms with Crippen LogP contribution in [0.25, 0.3) is 0 Å². The van der Waals surface area contributed by atoms with Crippen molar-refractivity contribution in [2.24, 2.45) is 5.84 Å². The van der Waals surface area contributed by atoms with E-state index in [0.29, 0.717) is 4.90 Å². The van der Waals surface area contributed by atoms with Gasteiger partial charge in [-0.1, -0.05) is 23.8 Å². The fourth-order valence-corrected chi connectivity index (χ4v) is 2.13. The van der Waals surface area contributed by atoms with Gasteiger partial charge in [0.25, 0.3) is 0 Å². The van der Waals surface area contributed by atoms with E-state index < -0.39 is 9.84 Å². The molecule has 1 rings (SSSR count). The minimum absolute atomic E-state index is 0.103. The van der Waals surface area contributed by atoms with Crippen molar-refractivity contribution in [1.29, 1.82) is 0 Å². The number of nitrogens with two attached hydrogens (primary N) is 1. The van der Waals surface area contributed by atoms with Gasteiger partial charge in [-0.05, 0) is 31.5 Å². The Morgan fingerprint density at radius 3 is 2.18 bits per heavy atom. The Bertz CT molecular complexity index is 500. The Morgan fingerprint density at radius 2 is 1.82 bits per heavy atom. The van der Waals surface area contributed by atoms with Crippen molar-refractivity contribution in [2.45, 2.75) is 24.8 Å². The highest BCUT2D eigenvalue weighted by atomic mass is 32.2. The minimum atomic E-state index is -3.14. The van der Waals surface area contributed by atoms with Crippen LogP contribution in [-0.4, -0.2) is 14.7 Å². The van der Waals surface area contributed by atoms with Crippen LogP contribution in [0.15, 0.2) is 40.8 Å². The first-order valence-electron chi connectivity index (χ1n) is 5.26. The first-order valence-corrected chi connectivity index (χ1v) is 7.15. The molecule has 17 heavy (non-hydrogen) atoms. The molecule has 1 aromatic carbocycles. The molecule has 0 saturated carbocycles. The quantitative estimate of drug-likeness (QED) is 0.486. The van der Waals surface area contributed by atoms with Gasteiger partial charge in [-0.3, -0.25) is 5.84 Å². The second kappa shape index (κ2) is 5.44. The van der Waals surface area contributed by atoms with Crippen LogP contribution < -0.4 is 11.3 Å². The number of rotatable bonds is 4. The molecule has 1 atom stereocenters. The zero-order valence-corrected chi connectivity index (χ0v) is 11.1. The Hall–Kier alpha value is -1.17. The zero-order chi connectivity index (χ0) is 13.1. The lowest BCUT2D eigenvalue weighted by molar-refractivity contribution is 0.601. The van der Waals surface area contributed by atoms with Crippen LogP contribution in [0.1, 0.15) is 25.5 Å². The van der Waals surface area contributed by atoms with E-state index in [1.165, 1.54) is 6.26 Å². The lowest BCUT2D eigenvalue weighted by atomic mass is 10.1. The lowest BCUT2D eigenvalue weighted by Gasteiger charge is -2.13. The van der Waals surface area contributed by atoms with E-state index in [-0.39, 0.29) is 6.04 Å². The monoisotopic (exact) mass is 254 g/mol. The Labute approximate surface area is 102 Å². The molecule has 3 N–H and O–H groups in total. The van der Waals surface area contributed by atoms with Gasteiger partial charge in [0.05, 0.1) is 10.9 Å². The molecule has 0 aliphatic rings. The Kier molecular flexibility index (Phi) is 4.45. The maximum Gasteiger partial charge on any atom is 0.175 e. The topological polar surface area (TPSA) is 72.2 Å². The predicted octanol–water partition coefficient (Wildman–Crippen LogP) is 1.56. The van der Waals surface area contributed by atoms with Gasteiger partial charge in [0, 0.05) is 6.26 Å². The SMILES string of the molecule is CC(C)=CC(NN)c1ccc(S(C)(=O)=O)cc1. The molecule has 0 fully saturated rings. The second-order valence-electron chi connectivity index (χ2n) is 4.23. The van der Waals surface area contributed by atoms with E-state index in [0.717, 1.165) is 11.1 Å². The molecule has 4 nitrogen and oxygen atoms in total. The van der Waals surface area contributed by atoms with E-state index in [4.69, 9.17) is 5.84 Å². The van der Waals surface area contributed by atoms with Gasteiger partial charge in [-0.15, -0.1) is 0 Å². The summed E-state index contributed by atoms with van der Waals surface area (Å²) in [5.41, 5.74) is 4.75. The van der Waals surface area contributed by atoms with E-state index in [2.05, 4.69) is 5.43 Å². The molecule has 0 radical (unpaired) electrons. The predicted molar refractivity (Wildman–Crippen MR) is 69.0 cm³/mol. The smallest absolute Gasteiger partial charge is 0.175 e. The zero-order valence-electron chi connectivity index (χ0n) is 10.3. The van der Waals surface area contributed by atoms with Crippen LogP contribution in [0, 0.1) is 0 Å². The number of sulfone groups is 1. The molecule has 0 heterocycles. The fraction of sp³-hybridized carbons (Fsp3) is 0.333. The summed E-state index contributed by atoms with van der Waals surface area (Å²) in [4.78, 5) is 0.314. The van der Waals surface area contributed by atoms with Crippen molar-refractivity contribution in [2.75, 3.05) is 6.26 Å². The summed E-state index contributed by atoms with van der Waals surface area (Å²) < 4.78 is 22.6. The third kappa shape index (κ3) is 3.96. The van der Waals surface area contributed by atoms with Gasteiger partial charge in [-0.2, -0.15) is 0 Å². The summed E-state index contributed by atoms with van der Waals surface area (Å²) in [6.07, 6.45) is 3.17. The molecule has 1 aromatic rings. The normalized spacial score (nSPS) is 13.2. The molecule has 0 aliphatic carbocycles. The molecule has 5 heteroatoms. The summed E-state index contributed by atoms with van der Waals surface area (Å²) >= 11 is 0. The van der Waals surface area contributed by atoms with Crippen molar-refractivity contribution < 1.29 is 8.42 Å². The van der Waals surface area contributed by atoms with Crippen LogP contribution in [-0.2, 0) is 9.84 Å². The summed E-state index contributed by atoms with van der Waals surface area (Å²) in [5.74, 6) is 5.46. The van der Waals surface area contributed by atoms with Gasteiger partial charge < -0.3 is 0 Å². The van der Waals surface area contributed by atoms with Gasteiger partial charge in [0.15, 0.2) is 9.84 Å². The molecule has 0 aliphatic heterocycles. The third-order valence-electron chi connectivity index (χ3n) is 2.35. The van der Waals surface area contributed by atoms with Gasteiger partial charge in [0.1, 0.15) is 0 Å². The van der Waals surface area contributed by atoms with Crippen LogP contribution in [0.3, 0.4) is 0 Å². The highest BCUT2D eigenvalue weighted by Gasteiger charge is 2.09. The molecule has 0 bridgehead atoms. The molecule has 0 spiro atoms.